The van der Waals surface area contributed by atoms with E-state index in [9.17, 15) is 9.90 Å². The number of primary amides is 1. The van der Waals surface area contributed by atoms with Gasteiger partial charge in [0, 0.05) is 6.61 Å². The van der Waals surface area contributed by atoms with E-state index in [-0.39, 0.29) is 11.6 Å². The second-order valence-electron chi connectivity index (χ2n) is 5.68. The van der Waals surface area contributed by atoms with E-state index in [1.807, 2.05) is 0 Å². The van der Waals surface area contributed by atoms with Gasteiger partial charge in [-0.25, -0.2) is 4.79 Å². The molecule has 0 rings (SSSR count). The van der Waals surface area contributed by atoms with E-state index in [0.717, 1.165) is 0 Å². The van der Waals surface area contributed by atoms with Crippen LogP contribution in [0.15, 0.2) is 0 Å². The smallest absolute Gasteiger partial charge is 0.404 e. The minimum Gasteiger partial charge on any atom is -0.447 e. The number of aliphatic hydroxyl groups is 1. The zero-order valence-electron chi connectivity index (χ0n) is 11.4. The molecule has 0 fully saturated rings. The highest BCUT2D eigenvalue weighted by atomic mass is 28.4. The number of hydrogen-bond acceptors (Lipinski definition) is 4. The zero-order valence-corrected chi connectivity index (χ0v) is 12.4. The third-order valence-corrected chi connectivity index (χ3v) is 7.68. The first kappa shape index (κ1) is 16.4. The van der Waals surface area contributed by atoms with Gasteiger partial charge in [-0.3, -0.25) is 0 Å². The Kier molecular flexibility index (Phi) is 6.15. The number of hydrogen-bond donors (Lipinski definition) is 2. The molecule has 0 spiro atoms. The maximum atomic E-state index is 10.3. The molecule has 1 atom stereocenters. The summed E-state index contributed by atoms with van der Waals surface area (Å²) in [6, 6.07) is 0. The summed E-state index contributed by atoms with van der Waals surface area (Å²) in [5, 5.41) is 9.65. The van der Waals surface area contributed by atoms with Crippen molar-refractivity contribution in [2.45, 2.75) is 51.4 Å². The largest absolute Gasteiger partial charge is 0.447 e. The van der Waals surface area contributed by atoms with Crippen molar-refractivity contribution in [2.24, 2.45) is 5.73 Å². The lowest BCUT2D eigenvalue weighted by Crippen LogP contribution is -2.41. The Morgan fingerprint density at radius 3 is 2.35 bits per heavy atom. The summed E-state index contributed by atoms with van der Waals surface area (Å²) < 4.78 is 10.4. The number of carbonyl (C=O) groups is 1. The lowest BCUT2D eigenvalue weighted by atomic mass is 10.2. The van der Waals surface area contributed by atoms with Crippen molar-refractivity contribution in [2.75, 3.05) is 13.2 Å². The Morgan fingerprint density at radius 1 is 1.41 bits per heavy atom. The molecule has 3 N–H and O–H groups in total. The summed E-state index contributed by atoms with van der Waals surface area (Å²) in [5.41, 5.74) is 4.80. The topological polar surface area (TPSA) is 81.8 Å². The molecule has 6 heteroatoms. The van der Waals surface area contributed by atoms with Gasteiger partial charge in [-0.15, -0.1) is 0 Å². The SMILES string of the molecule is CC(C)(C)[Si](C)(C)OCCC(O)COC(N)=O. The molecule has 1 unspecified atom stereocenters. The monoisotopic (exact) mass is 263 g/mol. The van der Waals surface area contributed by atoms with Gasteiger partial charge in [-0.1, -0.05) is 20.8 Å². The summed E-state index contributed by atoms with van der Waals surface area (Å²) in [4.78, 5) is 10.3. The average Bonchev–Trinajstić information content (AvgIpc) is 2.12. The van der Waals surface area contributed by atoms with Crippen LogP contribution in [-0.4, -0.2) is 38.8 Å². The van der Waals surface area contributed by atoms with Crippen LogP contribution >= 0.6 is 0 Å². The number of carbonyl (C=O) groups excluding carboxylic acids is 1. The van der Waals surface area contributed by atoms with E-state index >= 15 is 0 Å². The zero-order chi connectivity index (χ0) is 13.7. The van der Waals surface area contributed by atoms with Gasteiger partial charge in [-0.05, 0) is 24.6 Å². The number of ether oxygens (including phenoxy) is 1. The fraction of sp³-hybridized carbons (Fsp3) is 0.909. The predicted octanol–water partition coefficient (Wildman–Crippen LogP) is 1.85. The third-order valence-electron chi connectivity index (χ3n) is 3.14. The minimum absolute atomic E-state index is 0.0732. The molecule has 0 aromatic rings. The number of rotatable bonds is 6. The average molecular weight is 263 g/mol. The normalized spacial score (nSPS) is 14.5. The quantitative estimate of drug-likeness (QED) is 0.717. The minimum atomic E-state index is -1.76. The maximum Gasteiger partial charge on any atom is 0.404 e. The van der Waals surface area contributed by atoms with E-state index in [0.29, 0.717) is 13.0 Å². The van der Waals surface area contributed by atoms with Crippen LogP contribution in [0.2, 0.25) is 18.1 Å². The number of amides is 1. The van der Waals surface area contributed by atoms with E-state index in [1.165, 1.54) is 0 Å². The second-order valence-corrected chi connectivity index (χ2v) is 10.5. The van der Waals surface area contributed by atoms with Crippen LogP contribution in [0, 0.1) is 0 Å². The van der Waals surface area contributed by atoms with Gasteiger partial charge in [0.15, 0.2) is 8.32 Å². The van der Waals surface area contributed by atoms with Crippen LogP contribution in [0.25, 0.3) is 0 Å². The molecule has 0 heterocycles. The number of aliphatic hydroxyl groups excluding tert-OH is 1. The van der Waals surface area contributed by atoms with Crippen molar-refractivity contribution in [1.29, 1.82) is 0 Å². The van der Waals surface area contributed by atoms with Gasteiger partial charge in [-0.2, -0.15) is 0 Å². The van der Waals surface area contributed by atoms with Crippen molar-refractivity contribution < 1.29 is 19.1 Å². The summed E-state index contributed by atoms with van der Waals surface area (Å²) in [6.07, 6.45) is -1.14. The van der Waals surface area contributed by atoms with E-state index in [1.54, 1.807) is 0 Å². The van der Waals surface area contributed by atoms with Gasteiger partial charge in [0.05, 0.1) is 6.10 Å². The van der Waals surface area contributed by atoms with Crippen molar-refractivity contribution in [3.8, 4) is 0 Å². The van der Waals surface area contributed by atoms with Crippen molar-refractivity contribution in [1.82, 2.24) is 0 Å². The lowest BCUT2D eigenvalue weighted by molar-refractivity contribution is 0.0577. The first-order valence-electron chi connectivity index (χ1n) is 5.80. The molecule has 0 aliphatic rings. The molecule has 0 aliphatic heterocycles. The fourth-order valence-corrected chi connectivity index (χ4v) is 1.99. The Balaban J connectivity index is 3.87. The van der Waals surface area contributed by atoms with Crippen molar-refractivity contribution in [3.05, 3.63) is 0 Å². The number of nitrogens with two attached hydrogens (primary N) is 1. The van der Waals surface area contributed by atoms with Crippen molar-refractivity contribution in [3.63, 3.8) is 0 Å². The highest BCUT2D eigenvalue weighted by Crippen LogP contribution is 2.36. The molecule has 0 bridgehead atoms. The predicted molar refractivity (Wildman–Crippen MR) is 69.3 cm³/mol. The molecule has 0 aliphatic carbocycles. The molecule has 0 saturated heterocycles. The molecular weight excluding hydrogens is 238 g/mol. The van der Waals surface area contributed by atoms with Crippen LogP contribution in [0.1, 0.15) is 27.2 Å². The van der Waals surface area contributed by atoms with Crippen LogP contribution in [0.5, 0.6) is 0 Å². The summed E-state index contributed by atoms with van der Waals surface area (Å²) in [7, 11) is -1.76. The summed E-state index contributed by atoms with van der Waals surface area (Å²) >= 11 is 0. The highest BCUT2D eigenvalue weighted by Gasteiger charge is 2.36. The molecule has 1 amide bonds. The highest BCUT2D eigenvalue weighted by molar-refractivity contribution is 6.74. The van der Waals surface area contributed by atoms with E-state index < -0.39 is 20.5 Å². The van der Waals surface area contributed by atoms with Gasteiger partial charge < -0.3 is 20.0 Å². The fourth-order valence-electron chi connectivity index (χ4n) is 0.928. The van der Waals surface area contributed by atoms with Crippen LogP contribution < -0.4 is 5.73 Å². The molecule has 0 aromatic heterocycles. The van der Waals surface area contributed by atoms with Gasteiger partial charge in [0.2, 0.25) is 0 Å². The second kappa shape index (κ2) is 6.37. The Bertz CT molecular complexity index is 250. The molecular formula is C11H25NO4Si. The maximum absolute atomic E-state index is 10.3. The van der Waals surface area contributed by atoms with E-state index in [2.05, 4.69) is 38.6 Å². The first-order chi connectivity index (χ1) is 7.56. The van der Waals surface area contributed by atoms with Gasteiger partial charge >= 0.3 is 6.09 Å². The Labute approximate surface area is 104 Å². The Morgan fingerprint density at radius 2 is 1.94 bits per heavy atom. The molecule has 102 valence electrons. The molecule has 0 aromatic carbocycles. The third kappa shape index (κ3) is 6.65. The summed E-state index contributed by atoms with van der Waals surface area (Å²) in [6.45, 7) is 11.2. The standard InChI is InChI=1S/C11H25NO4Si/c1-11(2,3)17(4,5)16-7-6-9(13)8-15-10(12)14/h9,13H,6-8H2,1-5H3,(H2,12,14). The molecule has 17 heavy (non-hydrogen) atoms. The molecule has 0 radical (unpaired) electrons. The molecule has 5 nitrogen and oxygen atoms in total. The van der Waals surface area contributed by atoms with Gasteiger partial charge in [0.25, 0.3) is 0 Å². The first-order valence-corrected chi connectivity index (χ1v) is 8.71. The van der Waals surface area contributed by atoms with Crippen molar-refractivity contribution >= 4 is 14.4 Å². The van der Waals surface area contributed by atoms with Crippen LogP contribution in [0.4, 0.5) is 4.79 Å². The van der Waals surface area contributed by atoms with Crippen LogP contribution in [0.3, 0.4) is 0 Å². The van der Waals surface area contributed by atoms with Gasteiger partial charge in [0.1, 0.15) is 6.61 Å². The van der Waals surface area contributed by atoms with E-state index in [4.69, 9.17) is 10.2 Å². The summed E-state index contributed by atoms with van der Waals surface area (Å²) in [5.74, 6) is 0. The van der Waals surface area contributed by atoms with Crippen LogP contribution in [-0.2, 0) is 9.16 Å². The molecule has 0 saturated carbocycles. The Hall–Kier alpha value is -0.593. The lowest BCUT2D eigenvalue weighted by Gasteiger charge is -2.36.